The third kappa shape index (κ3) is 5.59. The molecule has 170 valence electrons. The number of urea groups is 1. The number of fused-ring (bicyclic) bond motifs is 1. The molecule has 1 aliphatic heterocycles. The monoisotopic (exact) mass is 452 g/mol. The quantitative estimate of drug-likeness (QED) is 0.625. The first-order valence-electron chi connectivity index (χ1n) is 9.20. The van der Waals surface area contributed by atoms with Crippen LogP contribution in [0.5, 0.6) is 11.5 Å². The molecule has 0 bridgehead atoms. The molecule has 1 aromatic heterocycles. The van der Waals surface area contributed by atoms with Crippen LogP contribution in [-0.2, 0) is 9.53 Å². The summed E-state index contributed by atoms with van der Waals surface area (Å²) in [6.07, 6.45) is -2.26. The number of aromatic nitrogens is 1. The Balaban J connectivity index is 1.81. The van der Waals surface area contributed by atoms with Crippen molar-refractivity contribution in [2.24, 2.45) is 0 Å². The van der Waals surface area contributed by atoms with E-state index in [9.17, 15) is 22.8 Å². The van der Waals surface area contributed by atoms with Crippen molar-refractivity contribution in [1.82, 2.24) is 10.3 Å². The zero-order chi connectivity index (χ0) is 23.3. The van der Waals surface area contributed by atoms with Gasteiger partial charge in [-0.1, -0.05) is 18.7 Å². The molecule has 0 spiro atoms. The van der Waals surface area contributed by atoms with Crippen molar-refractivity contribution in [3.05, 3.63) is 54.9 Å². The molecule has 1 unspecified atom stereocenters. The molecule has 0 fully saturated rings. The number of ether oxygens (including phenoxy) is 3. The fourth-order valence-electron chi connectivity index (χ4n) is 2.95. The van der Waals surface area contributed by atoms with E-state index in [4.69, 9.17) is 9.47 Å². The van der Waals surface area contributed by atoms with E-state index in [0.29, 0.717) is 17.0 Å². The lowest BCUT2D eigenvalue weighted by molar-refractivity contribution is -0.274. The second-order valence-corrected chi connectivity index (χ2v) is 6.50. The van der Waals surface area contributed by atoms with Crippen LogP contribution in [0, 0.1) is 0 Å². The fraction of sp³-hybridized carbons (Fsp3) is 0.250. The summed E-state index contributed by atoms with van der Waals surface area (Å²) < 4.78 is 51.3. The number of alkyl halides is 3. The average Bonchev–Trinajstić information content (AvgIpc) is 2.74. The second-order valence-electron chi connectivity index (χ2n) is 6.50. The number of rotatable bonds is 7. The van der Waals surface area contributed by atoms with Crippen LogP contribution in [0.1, 0.15) is 11.6 Å². The maximum atomic E-state index is 13.0. The number of pyridine rings is 1. The largest absolute Gasteiger partial charge is 0.573 e. The van der Waals surface area contributed by atoms with Crippen LogP contribution in [-0.4, -0.2) is 43.5 Å². The standard InChI is InChI=1S/C20H19F3N4O5/c1-3-31-11-16(12-4-6-13(7-5-12)32-20(21,22)23)26-19(29)27-10-17(28)25-15-8-14(30-2)9-24-18(15)27/h3-9,16H,1,10-11H2,2H3,(H,25,28)(H,26,29). The summed E-state index contributed by atoms with van der Waals surface area (Å²) in [5.74, 6) is -0.240. The Morgan fingerprint density at radius 1 is 1.34 bits per heavy atom. The lowest BCUT2D eigenvalue weighted by Gasteiger charge is -2.30. The Bertz CT molecular complexity index is 998. The van der Waals surface area contributed by atoms with Crippen molar-refractivity contribution in [3.8, 4) is 11.5 Å². The van der Waals surface area contributed by atoms with Crippen molar-refractivity contribution in [2.75, 3.05) is 30.5 Å². The van der Waals surface area contributed by atoms with Gasteiger partial charge in [0.25, 0.3) is 0 Å². The first-order chi connectivity index (χ1) is 15.2. The Morgan fingerprint density at radius 2 is 2.06 bits per heavy atom. The summed E-state index contributed by atoms with van der Waals surface area (Å²) in [4.78, 5) is 30.3. The van der Waals surface area contributed by atoms with Gasteiger partial charge in [-0.2, -0.15) is 0 Å². The highest BCUT2D eigenvalue weighted by Crippen LogP contribution is 2.31. The van der Waals surface area contributed by atoms with Crippen LogP contribution in [0.25, 0.3) is 0 Å². The molecule has 2 aromatic rings. The maximum absolute atomic E-state index is 13.0. The van der Waals surface area contributed by atoms with Gasteiger partial charge >= 0.3 is 12.4 Å². The number of carbonyl (C=O) groups is 2. The summed E-state index contributed by atoms with van der Waals surface area (Å²) in [6.45, 7) is 3.10. The molecular weight excluding hydrogens is 433 g/mol. The lowest BCUT2D eigenvalue weighted by Crippen LogP contribution is -2.49. The zero-order valence-electron chi connectivity index (χ0n) is 16.8. The number of halogens is 3. The number of anilines is 2. The number of benzene rings is 1. The summed E-state index contributed by atoms with van der Waals surface area (Å²) in [5, 5.41) is 5.31. The van der Waals surface area contributed by atoms with Crippen molar-refractivity contribution < 1.29 is 37.0 Å². The minimum absolute atomic E-state index is 0.0579. The van der Waals surface area contributed by atoms with Crippen LogP contribution in [0.4, 0.5) is 29.5 Å². The van der Waals surface area contributed by atoms with Crippen molar-refractivity contribution >= 4 is 23.4 Å². The van der Waals surface area contributed by atoms with E-state index in [1.165, 1.54) is 31.5 Å². The summed E-state index contributed by atoms with van der Waals surface area (Å²) in [7, 11) is 1.44. The van der Waals surface area contributed by atoms with E-state index in [0.717, 1.165) is 23.3 Å². The fourth-order valence-corrected chi connectivity index (χ4v) is 2.95. The predicted octanol–water partition coefficient (Wildman–Crippen LogP) is 3.36. The summed E-state index contributed by atoms with van der Waals surface area (Å²) in [5.41, 5.74) is 0.738. The molecule has 32 heavy (non-hydrogen) atoms. The van der Waals surface area contributed by atoms with Crippen LogP contribution < -0.4 is 25.0 Å². The average molecular weight is 452 g/mol. The number of nitrogens with zero attached hydrogens (tertiary/aromatic N) is 2. The second kappa shape index (κ2) is 9.45. The van der Waals surface area contributed by atoms with E-state index in [1.54, 1.807) is 0 Å². The highest BCUT2D eigenvalue weighted by molar-refractivity contribution is 6.08. The molecule has 0 saturated heterocycles. The molecule has 1 aliphatic rings. The zero-order valence-corrected chi connectivity index (χ0v) is 16.8. The van der Waals surface area contributed by atoms with Crippen LogP contribution in [0.2, 0.25) is 0 Å². The Kier molecular flexibility index (Phi) is 6.71. The molecule has 0 aliphatic carbocycles. The molecule has 0 saturated carbocycles. The third-order valence-corrected chi connectivity index (χ3v) is 4.35. The number of methoxy groups -OCH3 is 1. The highest BCUT2D eigenvalue weighted by atomic mass is 19.4. The van der Waals surface area contributed by atoms with Crippen LogP contribution in [0.3, 0.4) is 0 Å². The van der Waals surface area contributed by atoms with Gasteiger partial charge in [0.05, 0.1) is 31.3 Å². The number of nitrogens with one attached hydrogen (secondary N) is 2. The Labute approximate surface area is 180 Å². The van der Waals surface area contributed by atoms with Crippen molar-refractivity contribution in [1.29, 1.82) is 0 Å². The normalized spacial score (nSPS) is 14.0. The molecule has 1 aromatic carbocycles. The van der Waals surface area contributed by atoms with Gasteiger partial charge in [-0.3, -0.25) is 9.69 Å². The minimum atomic E-state index is -4.82. The maximum Gasteiger partial charge on any atom is 0.573 e. The molecule has 0 radical (unpaired) electrons. The number of hydrogen-bond acceptors (Lipinski definition) is 6. The summed E-state index contributed by atoms with van der Waals surface area (Å²) >= 11 is 0. The van der Waals surface area contributed by atoms with Gasteiger partial charge in [0.1, 0.15) is 24.7 Å². The third-order valence-electron chi connectivity index (χ3n) is 4.35. The first kappa shape index (κ1) is 22.7. The molecule has 9 nitrogen and oxygen atoms in total. The molecule has 2 heterocycles. The SMILES string of the molecule is C=COCC(NC(=O)N1CC(=O)Nc2cc(OC)cnc21)c1ccc(OC(F)(F)F)cc1. The molecule has 1 atom stereocenters. The molecule has 12 heteroatoms. The lowest BCUT2D eigenvalue weighted by atomic mass is 10.1. The van der Waals surface area contributed by atoms with Crippen LogP contribution >= 0.6 is 0 Å². The van der Waals surface area contributed by atoms with Gasteiger partial charge in [-0.15, -0.1) is 13.2 Å². The Morgan fingerprint density at radius 3 is 2.69 bits per heavy atom. The molecule has 3 rings (SSSR count). The molecular formula is C20H19F3N4O5. The van der Waals surface area contributed by atoms with Gasteiger partial charge in [0.15, 0.2) is 5.82 Å². The van der Waals surface area contributed by atoms with Gasteiger partial charge in [-0.25, -0.2) is 9.78 Å². The van der Waals surface area contributed by atoms with Gasteiger partial charge in [0, 0.05) is 6.07 Å². The smallest absolute Gasteiger partial charge is 0.499 e. The minimum Gasteiger partial charge on any atom is -0.499 e. The van der Waals surface area contributed by atoms with Gasteiger partial charge < -0.3 is 24.8 Å². The number of carbonyl (C=O) groups excluding carboxylic acids is 2. The predicted molar refractivity (Wildman–Crippen MR) is 107 cm³/mol. The van der Waals surface area contributed by atoms with E-state index >= 15 is 0 Å². The number of hydrogen-bond donors (Lipinski definition) is 2. The van der Waals surface area contributed by atoms with E-state index in [-0.39, 0.29) is 19.0 Å². The van der Waals surface area contributed by atoms with Crippen molar-refractivity contribution in [3.63, 3.8) is 0 Å². The van der Waals surface area contributed by atoms with E-state index in [1.807, 2.05) is 0 Å². The molecule has 3 amide bonds. The van der Waals surface area contributed by atoms with Gasteiger partial charge in [-0.05, 0) is 17.7 Å². The topological polar surface area (TPSA) is 102 Å². The molecule has 2 N–H and O–H groups in total. The first-order valence-corrected chi connectivity index (χ1v) is 9.20. The Hall–Kier alpha value is -3.96. The van der Waals surface area contributed by atoms with Crippen molar-refractivity contribution in [2.45, 2.75) is 12.4 Å². The highest BCUT2D eigenvalue weighted by Gasteiger charge is 2.32. The van der Waals surface area contributed by atoms with Crippen LogP contribution in [0.15, 0.2) is 49.4 Å². The van der Waals surface area contributed by atoms with E-state index in [2.05, 4.69) is 26.9 Å². The number of amides is 3. The van der Waals surface area contributed by atoms with E-state index < -0.39 is 30.1 Å². The van der Waals surface area contributed by atoms with Gasteiger partial charge in [0.2, 0.25) is 5.91 Å². The summed E-state index contributed by atoms with van der Waals surface area (Å²) in [6, 6.07) is 5.05.